The quantitative estimate of drug-likeness (QED) is 0.00642. The highest BCUT2D eigenvalue weighted by atomic mass is 32.1. The van der Waals surface area contributed by atoms with Gasteiger partial charge in [-0.05, 0) is 86.2 Å². The number of carbonyl (C=O) groups excluding carboxylic acids is 22. The number of aliphatic hydroxyl groups is 1. The van der Waals surface area contributed by atoms with Gasteiger partial charge in [0.05, 0.1) is 77.6 Å². The van der Waals surface area contributed by atoms with Crippen molar-refractivity contribution in [2.24, 2.45) is 46.4 Å². The van der Waals surface area contributed by atoms with Gasteiger partial charge in [-0.15, -0.1) is 0 Å². The molecular formula is C85H129N29O24S. The number of hydrogen-bond acceptors (Lipinski definition) is 29. The second kappa shape index (κ2) is 60.5. The Morgan fingerprint density at radius 2 is 0.914 bits per heavy atom. The standard InChI is InChI=1S/C85H129N29O24S/c1-8-44(6)71(84(138)114-69(42(2)3)82(136)93-24-25-115)112-68(125)38-97-72(126)45(7)103-64(121)35-101-77(131)60(40-139)111-79(133)56(28-48-32-92-41-102-48)110-83(137)70(43(4)5)113-81(135)55(27-47-31-95-52-16-10-9-14-50(47)52)109-78(132)53(17-13-23-94-85(90)91)107-80(134)58(30-62(89)119)105-67(124)37-100-76(130)59(39-116)106-65(122)34-96-63(120)33-98-74(128)54(26-46-18-20-49(117)21-19-46)104-66(123)36-99-75(129)57(29-61(88)118)108-73(127)51(87)15-11-12-22-86/h9-10,14,16,18-21,25,31-32,41-45,51,53-60,69-71,95,116-117,139H,8,11-13,15,17,22-24,26-30,33-40,86-87H2,1-7H3,(H2,88,118)(H2,89,119)(H,92,102)(H,93,136)(H,96,120)(H,97,126)(H,98,128)(H,99,129)(H,100,130)(H,101,131)(H,103,121)(H,104,123)(H,105,124)(H,106,122)(H,107,134)(H,108,127)(H,109,132)(H,110,137)(H,111,133)(H,112,125)(H,113,135)(H,114,138)(H4,90,91,94)/t44-,45-,51-,53-,54-,55-,56-,57-,58-,59-,60-,69-,70-,71-/m0/s1. The number of aromatic hydroxyl groups is 1. The van der Waals surface area contributed by atoms with Gasteiger partial charge in [0.2, 0.25) is 124 Å². The first kappa shape index (κ1) is 116. The van der Waals surface area contributed by atoms with Crippen LogP contribution in [-0.2, 0) is 125 Å². The number of unbranched alkanes of at least 4 members (excludes halogenated alkanes) is 1. The summed E-state index contributed by atoms with van der Waals surface area (Å²) in [5, 5.41) is 76.1. The van der Waals surface area contributed by atoms with E-state index in [0.717, 1.165) is 0 Å². The van der Waals surface area contributed by atoms with Gasteiger partial charge in [-0.2, -0.15) is 12.6 Å². The summed E-state index contributed by atoms with van der Waals surface area (Å²) in [6, 6.07) is -7.10. The molecule has 0 saturated carbocycles. The Morgan fingerprint density at radius 3 is 1.47 bits per heavy atom. The molecule has 0 unspecified atom stereocenters. The number of rotatable bonds is 63. The first-order valence-electron chi connectivity index (χ1n) is 44.4. The molecule has 0 radical (unpaired) electrons. The minimum atomic E-state index is -1.92. The molecule has 0 aliphatic heterocycles. The maximum atomic E-state index is 15.0. The van der Waals surface area contributed by atoms with Crippen LogP contribution in [0.25, 0.3) is 10.9 Å². The molecule has 53 nitrogen and oxygen atoms in total. The number of phenolic OH excluding ortho intramolecular Hbond substituents is 1. The molecule has 2 aromatic carbocycles. The molecule has 4 aromatic rings. The van der Waals surface area contributed by atoms with Gasteiger partial charge >= 0.3 is 0 Å². The molecule has 54 heteroatoms. The Balaban J connectivity index is 1.44. The van der Waals surface area contributed by atoms with E-state index in [-0.39, 0.29) is 63.1 Å². The number of carbonyl (C=O) groups is 22. The number of aliphatic hydroxyl groups excluding tert-OH is 1. The van der Waals surface area contributed by atoms with Gasteiger partial charge in [0.15, 0.2) is 5.96 Å². The number of nitrogens with two attached hydrogens (primary N) is 5. The number of para-hydroxylation sites is 1. The Bertz CT molecular complexity index is 4930. The molecule has 2 heterocycles. The third-order valence-electron chi connectivity index (χ3n) is 21.0. The van der Waals surface area contributed by atoms with Crippen molar-refractivity contribution in [3.63, 3.8) is 0 Å². The lowest BCUT2D eigenvalue weighted by molar-refractivity contribution is -0.136. The van der Waals surface area contributed by atoms with Crippen molar-refractivity contribution >= 4 is 160 Å². The number of fused-ring (bicyclic) bond motifs is 1. The SMILES string of the molecule is CC[C@H](C)[C@H](NC(=O)CNC(=O)[C@H](C)NC(=O)CNC(=O)[C@H](CS)NC(=O)[C@H](Cc1cnc[nH]1)NC(=O)[C@@H](NC(=O)[C@H](Cc1c[nH]c2ccccc12)NC(=O)[C@H](CCCNC(=N)N)NC(=O)[C@H](CC(N)=O)NC(=O)CNC(=O)[C@H](CO)NC(=O)CNC(=O)CNC(=O)[C@H](Cc1ccc(O)cc1)NC(=O)CNC(=O)[C@H](CC(N)=O)NC(=O)[C@@H](N)CCCCN)C(C)C)C(=O)N[C@H](C(=O)NCC=O)C(C)C. The van der Waals surface area contributed by atoms with Crippen LogP contribution in [0.4, 0.5) is 0 Å². The van der Waals surface area contributed by atoms with Gasteiger partial charge in [-0.1, -0.05) is 84.7 Å². The summed E-state index contributed by atoms with van der Waals surface area (Å²) >= 11 is 4.24. The number of H-pyrrole nitrogens is 2. The fourth-order valence-electron chi connectivity index (χ4n) is 13.2. The van der Waals surface area contributed by atoms with Gasteiger partial charge in [-0.3, -0.25) is 106 Å². The Hall–Kier alpha value is -15.0. The highest BCUT2D eigenvalue weighted by Gasteiger charge is 2.39. The number of primary amides is 2. The Kier molecular flexibility index (Phi) is 50.6. The number of nitrogens with zero attached hydrogens (tertiary/aromatic N) is 1. The zero-order valence-electron chi connectivity index (χ0n) is 77.9. The number of aldehydes is 1. The minimum Gasteiger partial charge on any atom is -0.508 e. The van der Waals surface area contributed by atoms with Crippen molar-refractivity contribution in [2.45, 2.75) is 198 Å². The van der Waals surface area contributed by atoms with Crippen LogP contribution >= 0.6 is 12.6 Å². The first-order chi connectivity index (χ1) is 65.8. The third-order valence-corrected chi connectivity index (χ3v) is 21.4. The van der Waals surface area contributed by atoms with E-state index in [1.54, 1.807) is 58.2 Å². The summed E-state index contributed by atoms with van der Waals surface area (Å²) in [5.41, 5.74) is 29.5. The minimum absolute atomic E-state index is 0.0514. The lowest BCUT2D eigenvalue weighted by Crippen LogP contribution is -2.61. The molecule has 0 saturated heterocycles. The summed E-state index contributed by atoms with van der Waals surface area (Å²) in [4.78, 5) is 303. The van der Waals surface area contributed by atoms with E-state index in [2.05, 4.69) is 134 Å². The van der Waals surface area contributed by atoms with Crippen molar-refractivity contribution in [3.8, 4) is 5.75 Å². The van der Waals surface area contributed by atoms with Crippen LogP contribution in [0.15, 0.2) is 67.3 Å². The maximum Gasteiger partial charge on any atom is 0.245 e. The number of guanidine groups is 1. The molecule has 35 N–H and O–H groups in total. The predicted octanol–water partition coefficient (Wildman–Crippen LogP) is -11.8. The Morgan fingerprint density at radius 1 is 0.453 bits per heavy atom. The van der Waals surface area contributed by atoms with E-state index in [0.29, 0.717) is 54.1 Å². The van der Waals surface area contributed by atoms with Gasteiger partial charge in [0.1, 0.15) is 84.5 Å². The average Bonchev–Trinajstić information content (AvgIpc) is 1.50. The molecule has 21 amide bonds. The van der Waals surface area contributed by atoms with Gasteiger partial charge in [0, 0.05) is 60.6 Å². The van der Waals surface area contributed by atoms with E-state index in [9.17, 15) is 111 Å². The number of imidazole rings is 1. The molecule has 0 fully saturated rings. The summed E-state index contributed by atoms with van der Waals surface area (Å²) in [7, 11) is 0. The van der Waals surface area contributed by atoms with Crippen LogP contribution in [0.5, 0.6) is 5.75 Å². The molecule has 139 heavy (non-hydrogen) atoms. The van der Waals surface area contributed by atoms with Crippen molar-refractivity contribution in [1.29, 1.82) is 5.41 Å². The predicted molar refractivity (Wildman–Crippen MR) is 500 cm³/mol. The molecule has 764 valence electrons. The molecule has 0 spiro atoms. The number of aromatic nitrogens is 3. The first-order valence-corrected chi connectivity index (χ1v) is 45.0. The number of hydrogen-bond donors (Lipinski definition) is 31. The topological polar surface area (TPSA) is 855 Å². The van der Waals surface area contributed by atoms with Gasteiger partial charge < -0.3 is 160 Å². The fraction of sp³-hybridized carbons (Fsp3) is 0.529. The van der Waals surface area contributed by atoms with E-state index in [1.807, 2.05) is 0 Å². The summed E-state index contributed by atoms with van der Waals surface area (Å²) < 4.78 is 0. The summed E-state index contributed by atoms with van der Waals surface area (Å²) in [6.07, 6.45) is 3.40. The van der Waals surface area contributed by atoms with Crippen molar-refractivity contribution in [2.75, 3.05) is 71.3 Å². The highest BCUT2D eigenvalue weighted by molar-refractivity contribution is 7.80. The molecule has 0 bridgehead atoms. The van der Waals surface area contributed by atoms with Crippen LogP contribution in [0.2, 0.25) is 0 Å². The molecule has 4 rings (SSSR count). The number of phenols is 1. The molecule has 2 aromatic heterocycles. The summed E-state index contributed by atoms with van der Waals surface area (Å²) in [5.74, 6) is -23.3. The van der Waals surface area contributed by atoms with Gasteiger partial charge in [-0.25, -0.2) is 4.98 Å². The van der Waals surface area contributed by atoms with Crippen molar-refractivity contribution in [1.82, 2.24) is 121 Å². The van der Waals surface area contributed by atoms with Gasteiger partial charge in [0.25, 0.3) is 0 Å². The second-order valence-electron chi connectivity index (χ2n) is 32.9. The van der Waals surface area contributed by atoms with Crippen LogP contribution in [0, 0.1) is 23.2 Å². The van der Waals surface area contributed by atoms with E-state index in [1.165, 1.54) is 57.6 Å². The largest absolute Gasteiger partial charge is 0.508 e. The number of benzene rings is 2. The third kappa shape index (κ3) is 42.5. The van der Waals surface area contributed by atoms with Crippen LogP contribution < -0.4 is 135 Å². The molecular weight excluding hydrogens is 1840 g/mol. The highest BCUT2D eigenvalue weighted by Crippen LogP contribution is 2.21. The van der Waals surface area contributed by atoms with Crippen LogP contribution in [0.3, 0.4) is 0 Å². The lowest BCUT2D eigenvalue weighted by Gasteiger charge is -2.29. The number of aromatic amines is 2. The maximum absolute atomic E-state index is 15.0. The van der Waals surface area contributed by atoms with E-state index < -0.39 is 291 Å². The van der Waals surface area contributed by atoms with Crippen molar-refractivity contribution in [3.05, 3.63) is 84.1 Å². The summed E-state index contributed by atoms with van der Waals surface area (Å²) in [6.45, 7) is 4.97. The van der Waals surface area contributed by atoms with Crippen molar-refractivity contribution < 1.29 is 116 Å². The van der Waals surface area contributed by atoms with E-state index >= 15 is 4.79 Å². The average molecular weight is 1970 g/mol. The normalized spacial score (nSPS) is 14.0. The lowest BCUT2D eigenvalue weighted by atomic mass is 9.96. The monoisotopic (exact) mass is 1970 g/mol. The van der Waals surface area contributed by atoms with Crippen LogP contribution in [0.1, 0.15) is 117 Å². The molecule has 0 aliphatic rings. The smallest absolute Gasteiger partial charge is 0.245 e. The fourth-order valence-corrected chi connectivity index (χ4v) is 13.5. The number of amides is 21. The van der Waals surface area contributed by atoms with Crippen LogP contribution in [-0.4, -0.2) is 311 Å². The molecule has 0 aliphatic carbocycles. The Labute approximate surface area is 803 Å². The second-order valence-corrected chi connectivity index (χ2v) is 33.3. The zero-order chi connectivity index (χ0) is 104. The van der Waals surface area contributed by atoms with E-state index in [4.69, 9.17) is 34.1 Å². The molecule has 14 atom stereocenters. The zero-order valence-corrected chi connectivity index (χ0v) is 78.8. The number of thiol groups is 1. The number of nitrogens with one attached hydrogen (secondary N) is 23.